The number of anilines is 1. The van der Waals surface area contributed by atoms with Crippen LogP contribution in [0.2, 0.25) is 5.02 Å². The molecule has 106 valence electrons. The lowest BCUT2D eigenvalue weighted by Gasteiger charge is -2.35. The van der Waals surface area contributed by atoms with Crippen molar-refractivity contribution in [3.05, 3.63) is 28.8 Å². The van der Waals surface area contributed by atoms with Crippen LogP contribution in [0, 0.1) is 5.92 Å². The normalized spacial score (nSPS) is 21.5. The molecule has 1 heterocycles. The zero-order valence-corrected chi connectivity index (χ0v) is 12.8. The molecule has 0 radical (unpaired) electrons. The molecule has 0 aromatic heterocycles. The molecular formula is C16H25ClN2. The lowest BCUT2D eigenvalue weighted by Crippen LogP contribution is -2.36. The van der Waals surface area contributed by atoms with Gasteiger partial charge in [0, 0.05) is 29.8 Å². The Hall–Kier alpha value is -0.730. The summed E-state index contributed by atoms with van der Waals surface area (Å²) in [5.41, 5.74) is 8.48. The lowest BCUT2D eigenvalue weighted by molar-refractivity contribution is 0.404. The van der Waals surface area contributed by atoms with Crippen molar-refractivity contribution in [2.45, 2.75) is 45.6 Å². The predicted molar refractivity (Wildman–Crippen MR) is 84.0 cm³/mol. The van der Waals surface area contributed by atoms with Crippen LogP contribution in [0.25, 0.3) is 0 Å². The molecule has 1 aromatic rings. The van der Waals surface area contributed by atoms with Gasteiger partial charge in [0.1, 0.15) is 0 Å². The largest absolute Gasteiger partial charge is 0.371 e. The van der Waals surface area contributed by atoms with Crippen LogP contribution in [0.3, 0.4) is 0 Å². The molecule has 1 saturated heterocycles. The number of piperidine rings is 1. The number of halogens is 1. The number of nitrogens with two attached hydrogens (primary N) is 1. The van der Waals surface area contributed by atoms with Crippen molar-refractivity contribution in [3.63, 3.8) is 0 Å². The van der Waals surface area contributed by atoms with E-state index in [9.17, 15) is 0 Å². The maximum Gasteiger partial charge on any atom is 0.0459 e. The van der Waals surface area contributed by atoms with Crippen molar-refractivity contribution in [2.24, 2.45) is 11.7 Å². The van der Waals surface area contributed by atoms with E-state index in [0.29, 0.717) is 0 Å². The van der Waals surface area contributed by atoms with Crippen LogP contribution in [-0.2, 0) is 6.42 Å². The summed E-state index contributed by atoms with van der Waals surface area (Å²) in [6, 6.07) is 6.37. The topological polar surface area (TPSA) is 29.3 Å². The first-order valence-corrected chi connectivity index (χ1v) is 7.77. The first-order chi connectivity index (χ1) is 9.11. The number of benzene rings is 1. The third-order valence-electron chi connectivity index (χ3n) is 4.06. The Balaban J connectivity index is 2.25. The van der Waals surface area contributed by atoms with E-state index in [-0.39, 0.29) is 6.04 Å². The van der Waals surface area contributed by atoms with Gasteiger partial charge >= 0.3 is 0 Å². The van der Waals surface area contributed by atoms with E-state index in [4.69, 9.17) is 17.3 Å². The molecule has 0 aliphatic carbocycles. The SMILES string of the molecule is CCC1CCCN(c2cccc(Cl)c2CC(C)N)C1. The van der Waals surface area contributed by atoms with E-state index in [1.807, 2.05) is 13.0 Å². The smallest absolute Gasteiger partial charge is 0.0459 e. The van der Waals surface area contributed by atoms with E-state index in [1.54, 1.807) is 0 Å². The number of nitrogens with zero attached hydrogens (tertiary/aromatic N) is 1. The van der Waals surface area contributed by atoms with Crippen LogP contribution in [0.15, 0.2) is 18.2 Å². The van der Waals surface area contributed by atoms with Gasteiger partial charge in [0.05, 0.1) is 0 Å². The van der Waals surface area contributed by atoms with Crippen molar-refractivity contribution < 1.29 is 0 Å². The van der Waals surface area contributed by atoms with Gasteiger partial charge in [0.25, 0.3) is 0 Å². The lowest BCUT2D eigenvalue weighted by atomic mass is 9.94. The standard InChI is InChI=1S/C16H25ClN2/c1-3-13-6-5-9-19(11-13)16-8-4-7-15(17)14(16)10-12(2)18/h4,7-8,12-13H,3,5-6,9-11,18H2,1-2H3. The second-order valence-electron chi connectivity index (χ2n) is 5.78. The van der Waals surface area contributed by atoms with E-state index in [0.717, 1.165) is 30.5 Å². The summed E-state index contributed by atoms with van der Waals surface area (Å²) in [6.07, 6.45) is 4.75. The summed E-state index contributed by atoms with van der Waals surface area (Å²) < 4.78 is 0. The van der Waals surface area contributed by atoms with Gasteiger partial charge in [0.2, 0.25) is 0 Å². The summed E-state index contributed by atoms with van der Waals surface area (Å²) >= 11 is 6.38. The van der Waals surface area contributed by atoms with Gasteiger partial charge in [-0.2, -0.15) is 0 Å². The van der Waals surface area contributed by atoms with Gasteiger partial charge in [-0.1, -0.05) is 31.0 Å². The van der Waals surface area contributed by atoms with E-state index in [2.05, 4.69) is 24.0 Å². The molecule has 2 N–H and O–H groups in total. The summed E-state index contributed by atoms with van der Waals surface area (Å²) in [5.74, 6) is 0.816. The molecule has 2 atom stereocenters. The fourth-order valence-electron chi connectivity index (χ4n) is 2.98. The molecule has 1 aliphatic heterocycles. The Morgan fingerprint density at radius 1 is 1.47 bits per heavy atom. The average molecular weight is 281 g/mol. The van der Waals surface area contributed by atoms with Crippen molar-refractivity contribution in [1.29, 1.82) is 0 Å². The highest BCUT2D eigenvalue weighted by Gasteiger charge is 2.21. The monoisotopic (exact) mass is 280 g/mol. The average Bonchev–Trinajstić information content (AvgIpc) is 2.40. The van der Waals surface area contributed by atoms with Gasteiger partial charge in [-0.3, -0.25) is 0 Å². The zero-order chi connectivity index (χ0) is 13.8. The summed E-state index contributed by atoms with van der Waals surface area (Å²) in [5, 5.41) is 0.855. The quantitative estimate of drug-likeness (QED) is 0.907. The van der Waals surface area contributed by atoms with Crippen molar-refractivity contribution in [1.82, 2.24) is 0 Å². The Morgan fingerprint density at radius 3 is 2.95 bits per heavy atom. The second kappa shape index (κ2) is 6.62. The van der Waals surface area contributed by atoms with Crippen LogP contribution in [0.1, 0.15) is 38.7 Å². The van der Waals surface area contributed by atoms with E-state index < -0.39 is 0 Å². The molecule has 0 spiro atoms. The highest BCUT2D eigenvalue weighted by molar-refractivity contribution is 6.31. The van der Waals surface area contributed by atoms with Gasteiger partial charge in [-0.15, -0.1) is 0 Å². The molecule has 0 bridgehead atoms. The fourth-order valence-corrected chi connectivity index (χ4v) is 3.23. The van der Waals surface area contributed by atoms with Gasteiger partial charge < -0.3 is 10.6 Å². The van der Waals surface area contributed by atoms with Gasteiger partial charge in [-0.05, 0) is 49.8 Å². The Labute approximate surface area is 121 Å². The zero-order valence-electron chi connectivity index (χ0n) is 12.0. The molecule has 19 heavy (non-hydrogen) atoms. The van der Waals surface area contributed by atoms with Gasteiger partial charge in [-0.25, -0.2) is 0 Å². The molecule has 0 saturated carbocycles. The summed E-state index contributed by atoms with van der Waals surface area (Å²) in [6.45, 7) is 6.62. The van der Waals surface area contributed by atoms with Crippen LogP contribution in [0.5, 0.6) is 0 Å². The molecule has 1 fully saturated rings. The van der Waals surface area contributed by atoms with Crippen LogP contribution >= 0.6 is 11.6 Å². The minimum Gasteiger partial charge on any atom is -0.371 e. The molecule has 1 aliphatic rings. The summed E-state index contributed by atoms with van der Waals surface area (Å²) in [7, 11) is 0. The van der Waals surface area contributed by atoms with Crippen LogP contribution < -0.4 is 10.6 Å². The predicted octanol–water partition coefficient (Wildman–Crippen LogP) is 3.86. The minimum absolute atomic E-state index is 0.144. The Morgan fingerprint density at radius 2 is 2.26 bits per heavy atom. The van der Waals surface area contributed by atoms with E-state index >= 15 is 0 Å². The van der Waals surface area contributed by atoms with Crippen molar-refractivity contribution in [3.8, 4) is 0 Å². The van der Waals surface area contributed by atoms with Crippen molar-refractivity contribution >= 4 is 17.3 Å². The molecule has 1 aromatic carbocycles. The Kier molecular flexibility index (Phi) is 5.12. The molecular weight excluding hydrogens is 256 g/mol. The molecule has 2 unspecified atom stereocenters. The third kappa shape index (κ3) is 3.64. The molecule has 0 amide bonds. The number of hydrogen-bond donors (Lipinski definition) is 1. The van der Waals surface area contributed by atoms with Crippen LogP contribution in [0.4, 0.5) is 5.69 Å². The molecule has 2 rings (SSSR count). The first-order valence-electron chi connectivity index (χ1n) is 7.39. The minimum atomic E-state index is 0.144. The maximum absolute atomic E-state index is 6.38. The third-order valence-corrected chi connectivity index (χ3v) is 4.41. The number of hydrogen-bond acceptors (Lipinski definition) is 2. The van der Waals surface area contributed by atoms with Crippen LogP contribution in [-0.4, -0.2) is 19.1 Å². The highest BCUT2D eigenvalue weighted by Crippen LogP contribution is 2.32. The molecule has 2 nitrogen and oxygen atoms in total. The fraction of sp³-hybridized carbons (Fsp3) is 0.625. The van der Waals surface area contributed by atoms with Crippen molar-refractivity contribution in [2.75, 3.05) is 18.0 Å². The van der Waals surface area contributed by atoms with E-state index in [1.165, 1.54) is 30.5 Å². The molecule has 3 heteroatoms. The number of rotatable bonds is 4. The highest BCUT2D eigenvalue weighted by atomic mass is 35.5. The summed E-state index contributed by atoms with van der Waals surface area (Å²) in [4.78, 5) is 2.50. The second-order valence-corrected chi connectivity index (χ2v) is 6.19. The first kappa shape index (κ1) is 14.7. The van der Waals surface area contributed by atoms with Gasteiger partial charge in [0.15, 0.2) is 0 Å². The maximum atomic E-state index is 6.38. The Bertz CT molecular complexity index is 417.